The molecule has 2 N–H and O–H groups in total. The van der Waals surface area contributed by atoms with Gasteiger partial charge in [0, 0.05) is 18.8 Å². The number of nitro groups is 1. The van der Waals surface area contributed by atoms with Gasteiger partial charge in [0.1, 0.15) is 0 Å². The highest BCUT2D eigenvalue weighted by Crippen LogP contribution is 2.20. The van der Waals surface area contributed by atoms with Crippen molar-refractivity contribution in [2.24, 2.45) is 5.92 Å². The summed E-state index contributed by atoms with van der Waals surface area (Å²) in [5, 5.41) is 13.5. The van der Waals surface area contributed by atoms with Crippen molar-refractivity contribution in [1.29, 1.82) is 0 Å². The van der Waals surface area contributed by atoms with Crippen LogP contribution in [-0.4, -0.2) is 38.0 Å². The van der Waals surface area contributed by atoms with Gasteiger partial charge in [-0.15, -0.1) is 0 Å². The number of pyridine rings is 1. The van der Waals surface area contributed by atoms with Crippen LogP contribution in [0.3, 0.4) is 0 Å². The van der Waals surface area contributed by atoms with Gasteiger partial charge in [0.2, 0.25) is 5.03 Å². The monoisotopic (exact) mass is 300 g/mol. The minimum absolute atomic E-state index is 0.196. The number of nitrogens with zero attached hydrogens (tertiary/aromatic N) is 2. The number of piperidine rings is 1. The molecule has 0 amide bonds. The third kappa shape index (κ3) is 3.50. The largest absolute Gasteiger partial charge is 0.316 e. The normalized spacial score (nSPS) is 19.7. The summed E-state index contributed by atoms with van der Waals surface area (Å²) < 4.78 is 26.6. The molecule has 1 saturated heterocycles. The zero-order valence-electron chi connectivity index (χ0n) is 10.8. The second-order valence-electron chi connectivity index (χ2n) is 4.65. The van der Waals surface area contributed by atoms with E-state index in [-0.39, 0.29) is 12.5 Å². The van der Waals surface area contributed by atoms with E-state index in [0.717, 1.165) is 32.0 Å². The molecule has 0 saturated carbocycles. The summed E-state index contributed by atoms with van der Waals surface area (Å²) in [5.41, 5.74) is -0.512. The molecule has 9 heteroatoms. The molecule has 110 valence electrons. The molecule has 1 atom stereocenters. The molecule has 20 heavy (non-hydrogen) atoms. The predicted molar refractivity (Wildman–Crippen MR) is 71.7 cm³/mol. The minimum atomic E-state index is -3.97. The van der Waals surface area contributed by atoms with Crippen LogP contribution in [-0.2, 0) is 10.0 Å². The Bertz CT molecular complexity index is 584. The van der Waals surface area contributed by atoms with Crippen LogP contribution in [0.1, 0.15) is 12.8 Å². The van der Waals surface area contributed by atoms with Crippen molar-refractivity contribution in [3.05, 3.63) is 28.4 Å². The van der Waals surface area contributed by atoms with E-state index in [1.165, 1.54) is 12.3 Å². The number of rotatable bonds is 5. The van der Waals surface area contributed by atoms with E-state index in [1.807, 2.05) is 0 Å². The van der Waals surface area contributed by atoms with Crippen LogP contribution in [0.15, 0.2) is 23.4 Å². The van der Waals surface area contributed by atoms with Crippen LogP contribution in [0, 0.1) is 16.0 Å². The van der Waals surface area contributed by atoms with Gasteiger partial charge in [-0.05, 0) is 37.9 Å². The van der Waals surface area contributed by atoms with Crippen LogP contribution in [0.2, 0.25) is 0 Å². The van der Waals surface area contributed by atoms with Crippen molar-refractivity contribution in [2.75, 3.05) is 19.6 Å². The molecule has 1 aromatic heterocycles. The molecule has 0 spiro atoms. The lowest BCUT2D eigenvalue weighted by atomic mass is 10.0. The molecule has 0 aliphatic carbocycles. The molecular weight excluding hydrogens is 284 g/mol. The lowest BCUT2D eigenvalue weighted by Gasteiger charge is -2.22. The molecular formula is C11H16N4O4S. The van der Waals surface area contributed by atoms with Crippen molar-refractivity contribution in [1.82, 2.24) is 15.0 Å². The van der Waals surface area contributed by atoms with Gasteiger partial charge in [-0.1, -0.05) is 0 Å². The van der Waals surface area contributed by atoms with E-state index in [0.29, 0.717) is 0 Å². The van der Waals surface area contributed by atoms with Crippen LogP contribution >= 0.6 is 0 Å². The molecule has 1 aliphatic rings. The molecule has 2 rings (SSSR count). The Morgan fingerprint density at radius 3 is 3.00 bits per heavy atom. The Morgan fingerprint density at radius 2 is 2.35 bits per heavy atom. The summed E-state index contributed by atoms with van der Waals surface area (Å²) in [6.07, 6.45) is 3.15. The molecule has 1 aromatic rings. The Morgan fingerprint density at radius 1 is 1.55 bits per heavy atom. The molecule has 1 aliphatic heterocycles. The Labute approximate surface area is 116 Å². The molecule has 0 unspecified atom stereocenters. The molecule has 2 heterocycles. The lowest BCUT2D eigenvalue weighted by Crippen LogP contribution is -2.38. The first-order valence-corrected chi connectivity index (χ1v) is 7.79. The summed E-state index contributed by atoms with van der Waals surface area (Å²) in [6.45, 7) is 1.94. The maximum Gasteiger partial charge on any atom is 0.308 e. The van der Waals surface area contributed by atoms with Gasteiger partial charge in [0.15, 0.2) is 0 Å². The van der Waals surface area contributed by atoms with E-state index >= 15 is 0 Å². The number of sulfonamides is 1. The van der Waals surface area contributed by atoms with E-state index in [4.69, 9.17) is 0 Å². The fourth-order valence-corrected chi connectivity index (χ4v) is 3.33. The van der Waals surface area contributed by atoms with Gasteiger partial charge in [0.25, 0.3) is 10.0 Å². The molecule has 8 nitrogen and oxygen atoms in total. The number of hydrogen-bond acceptors (Lipinski definition) is 6. The summed E-state index contributed by atoms with van der Waals surface area (Å²) >= 11 is 0. The van der Waals surface area contributed by atoms with Crippen molar-refractivity contribution in [2.45, 2.75) is 17.9 Å². The molecule has 0 bridgehead atoms. The van der Waals surface area contributed by atoms with Crippen LogP contribution in [0.25, 0.3) is 0 Å². The number of hydrogen-bond donors (Lipinski definition) is 2. The molecule has 0 aromatic carbocycles. The SMILES string of the molecule is O=[N+]([O-])c1cccnc1S(=O)(=O)NC[C@@H]1CCCNC1. The van der Waals surface area contributed by atoms with E-state index in [1.54, 1.807) is 0 Å². The Kier molecular flexibility index (Phi) is 4.63. The minimum Gasteiger partial charge on any atom is -0.316 e. The molecule has 1 fully saturated rings. The highest BCUT2D eigenvalue weighted by Gasteiger charge is 2.27. The molecule has 0 radical (unpaired) electrons. The average Bonchev–Trinajstić information content (AvgIpc) is 2.46. The average molecular weight is 300 g/mol. The first kappa shape index (κ1) is 14.8. The third-order valence-electron chi connectivity index (χ3n) is 3.16. The van der Waals surface area contributed by atoms with Gasteiger partial charge in [-0.2, -0.15) is 0 Å². The van der Waals surface area contributed by atoms with E-state index in [2.05, 4.69) is 15.0 Å². The fourth-order valence-electron chi connectivity index (χ4n) is 2.12. The zero-order valence-corrected chi connectivity index (χ0v) is 11.6. The standard InChI is InChI=1S/C11H16N4O4S/c16-15(17)10-4-2-6-13-11(10)20(18,19)14-8-9-3-1-5-12-7-9/h2,4,6,9,12,14H,1,3,5,7-8H2/t9-/m1/s1. The van der Waals surface area contributed by atoms with Gasteiger partial charge in [-0.3, -0.25) is 10.1 Å². The van der Waals surface area contributed by atoms with Crippen molar-refractivity contribution in [3.8, 4) is 0 Å². The Balaban J connectivity index is 2.12. The summed E-state index contributed by atoms with van der Waals surface area (Å²) in [5.74, 6) is 0.196. The topological polar surface area (TPSA) is 114 Å². The van der Waals surface area contributed by atoms with Crippen LogP contribution in [0.5, 0.6) is 0 Å². The zero-order chi connectivity index (χ0) is 14.6. The fraction of sp³-hybridized carbons (Fsp3) is 0.545. The van der Waals surface area contributed by atoms with E-state index in [9.17, 15) is 18.5 Å². The number of nitrogens with one attached hydrogen (secondary N) is 2. The van der Waals surface area contributed by atoms with Gasteiger partial charge < -0.3 is 5.32 Å². The lowest BCUT2D eigenvalue weighted by molar-refractivity contribution is -0.388. The predicted octanol–water partition coefficient (Wildman–Crippen LogP) is 0.268. The van der Waals surface area contributed by atoms with Crippen molar-refractivity contribution >= 4 is 15.7 Å². The van der Waals surface area contributed by atoms with Crippen molar-refractivity contribution in [3.63, 3.8) is 0 Å². The van der Waals surface area contributed by atoms with Crippen LogP contribution < -0.4 is 10.0 Å². The highest BCUT2D eigenvalue weighted by molar-refractivity contribution is 7.89. The maximum absolute atomic E-state index is 12.1. The second kappa shape index (κ2) is 6.25. The maximum atomic E-state index is 12.1. The quantitative estimate of drug-likeness (QED) is 0.596. The number of aromatic nitrogens is 1. The first-order valence-electron chi connectivity index (χ1n) is 6.30. The second-order valence-corrected chi connectivity index (χ2v) is 6.33. The van der Waals surface area contributed by atoms with Gasteiger partial charge in [0.05, 0.1) is 4.92 Å². The van der Waals surface area contributed by atoms with E-state index < -0.39 is 25.7 Å². The van der Waals surface area contributed by atoms with Crippen LogP contribution in [0.4, 0.5) is 5.69 Å². The van der Waals surface area contributed by atoms with Gasteiger partial charge in [-0.25, -0.2) is 18.1 Å². The summed E-state index contributed by atoms with van der Waals surface area (Å²) in [4.78, 5) is 13.7. The Hall–Kier alpha value is -1.58. The first-order chi connectivity index (χ1) is 9.50. The third-order valence-corrected chi connectivity index (χ3v) is 4.53. The summed E-state index contributed by atoms with van der Waals surface area (Å²) in [6, 6.07) is 2.46. The van der Waals surface area contributed by atoms with Gasteiger partial charge >= 0.3 is 5.69 Å². The van der Waals surface area contributed by atoms with Crippen molar-refractivity contribution < 1.29 is 13.3 Å². The summed E-state index contributed by atoms with van der Waals surface area (Å²) in [7, 11) is -3.97. The smallest absolute Gasteiger partial charge is 0.308 e. The highest BCUT2D eigenvalue weighted by atomic mass is 32.2.